The van der Waals surface area contributed by atoms with Gasteiger partial charge in [-0.1, -0.05) is 6.42 Å². The first kappa shape index (κ1) is 10.5. The maximum atomic E-state index is 11.5. The average molecular weight is 234 g/mol. The summed E-state index contributed by atoms with van der Waals surface area (Å²) in [5, 5.41) is 9.34. The zero-order valence-electron chi connectivity index (χ0n) is 9.33. The quantitative estimate of drug-likeness (QED) is 0.790. The van der Waals surface area contributed by atoms with Crippen molar-refractivity contribution >= 4 is 11.2 Å². The number of hydrogen-bond acceptors (Lipinski definition) is 4. The predicted molar refractivity (Wildman–Crippen MR) is 61.6 cm³/mol. The second-order valence-corrected chi connectivity index (χ2v) is 4.50. The number of imidazole rings is 1. The molecule has 0 saturated heterocycles. The third-order valence-electron chi connectivity index (χ3n) is 3.58. The molecule has 0 unspecified atom stereocenters. The minimum absolute atomic E-state index is 0.174. The van der Waals surface area contributed by atoms with Crippen LogP contribution in [0.2, 0.25) is 0 Å². The van der Waals surface area contributed by atoms with Gasteiger partial charge in [-0.3, -0.25) is 4.79 Å². The van der Waals surface area contributed by atoms with Crippen LogP contribution in [0.1, 0.15) is 25.3 Å². The molecule has 0 radical (unpaired) electrons. The Morgan fingerprint density at radius 2 is 2.35 bits per heavy atom. The van der Waals surface area contributed by atoms with E-state index in [1.54, 1.807) is 6.33 Å². The maximum absolute atomic E-state index is 11.5. The van der Waals surface area contributed by atoms with Crippen LogP contribution in [-0.2, 0) is 0 Å². The van der Waals surface area contributed by atoms with Crippen molar-refractivity contribution in [1.82, 2.24) is 19.5 Å². The highest BCUT2D eigenvalue weighted by atomic mass is 16.3. The van der Waals surface area contributed by atoms with Gasteiger partial charge in [-0.2, -0.15) is 0 Å². The van der Waals surface area contributed by atoms with E-state index in [4.69, 9.17) is 0 Å². The monoisotopic (exact) mass is 234 g/mol. The highest BCUT2D eigenvalue weighted by molar-refractivity contribution is 5.68. The summed E-state index contributed by atoms with van der Waals surface area (Å²) >= 11 is 0. The molecule has 1 fully saturated rings. The number of rotatable bonds is 2. The molecule has 17 heavy (non-hydrogen) atoms. The van der Waals surface area contributed by atoms with Gasteiger partial charge in [0.1, 0.15) is 0 Å². The van der Waals surface area contributed by atoms with Gasteiger partial charge in [-0.05, 0) is 12.8 Å². The molecule has 2 N–H and O–H groups in total. The fourth-order valence-electron chi connectivity index (χ4n) is 2.70. The summed E-state index contributed by atoms with van der Waals surface area (Å²) in [5.41, 5.74) is 0.766. The number of hydrogen-bond donors (Lipinski definition) is 2. The zero-order valence-corrected chi connectivity index (χ0v) is 9.33. The first-order valence-electron chi connectivity index (χ1n) is 5.82. The van der Waals surface area contributed by atoms with Crippen molar-refractivity contribution in [2.24, 2.45) is 5.92 Å². The molecule has 0 bridgehead atoms. The van der Waals surface area contributed by atoms with E-state index in [1.165, 1.54) is 6.33 Å². The average Bonchev–Trinajstić information content (AvgIpc) is 2.94. The summed E-state index contributed by atoms with van der Waals surface area (Å²) in [5.74, 6) is 0.244. The molecule has 2 aromatic rings. The minimum atomic E-state index is -0.215. The van der Waals surface area contributed by atoms with Crippen molar-refractivity contribution in [3.8, 4) is 0 Å². The van der Waals surface area contributed by atoms with Crippen LogP contribution in [0.5, 0.6) is 0 Å². The third kappa shape index (κ3) is 1.56. The molecule has 2 aromatic heterocycles. The zero-order chi connectivity index (χ0) is 11.8. The number of aromatic nitrogens is 4. The van der Waals surface area contributed by atoms with E-state index in [0.29, 0.717) is 11.2 Å². The van der Waals surface area contributed by atoms with Gasteiger partial charge in [0.2, 0.25) is 0 Å². The van der Waals surface area contributed by atoms with Crippen molar-refractivity contribution in [2.45, 2.75) is 25.3 Å². The summed E-state index contributed by atoms with van der Waals surface area (Å²) < 4.78 is 1.93. The Labute approximate surface area is 97.3 Å². The number of H-pyrrole nitrogens is 1. The first-order chi connectivity index (χ1) is 8.31. The van der Waals surface area contributed by atoms with Crippen molar-refractivity contribution in [2.75, 3.05) is 6.61 Å². The summed E-state index contributed by atoms with van der Waals surface area (Å²) in [6.45, 7) is 0.174. The molecule has 0 spiro atoms. The van der Waals surface area contributed by atoms with Crippen LogP contribution in [0.15, 0.2) is 17.4 Å². The van der Waals surface area contributed by atoms with Crippen LogP contribution in [0.4, 0.5) is 0 Å². The Morgan fingerprint density at radius 3 is 3.18 bits per heavy atom. The van der Waals surface area contributed by atoms with Crippen LogP contribution in [0.25, 0.3) is 11.2 Å². The fourth-order valence-corrected chi connectivity index (χ4v) is 2.70. The number of nitrogens with one attached hydrogen (secondary N) is 1. The molecule has 1 aliphatic rings. The molecule has 3 rings (SSSR count). The molecule has 1 aliphatic carbocycles. The SMILES string of the molecule is O=c1[nH]cnc2c1ncn2[C@H]1CCC[C@@H]1CO. The van der Waals surface area contributed by atoms with Gasteiger partial charge >= 0.3 is 0 Å². The van der Waals surface area contributed by atoms with Crippen molar-refractivity contribution in [3.05, 3.63) is 23.0 Å². The summed E-state index contributed by atoms with van der Waals surface area (Å²) in [6.07, 6.45) is 6.17. The van der Waals surface area contributed by atoms with Gasteiger partial charge in [-0.25, -0.2) is 9.97 Å². The van der Waals surface area contributed by atoms with Crippen molar-refractivity contribution < 1.29 is 5.11 Å². The van der Waals surface area contributed by atoms with Gasteiger partial charge in [0.15, 0.2) is 11.2 Å². The van der Waals surface area contributed by atoms with Crippen LogP contribution in [0, 0.1) is 5.92 Å². The van der Waals surface area contributed by atoms with Gasteiger partial charge in [-0.15, -0.1) is 0 Å². The van der Waals surface area contributed by atoms with E-state index in [9.17, 15) is 9.90 Å². The summed E-state index contributed by atoms with van der Waals surface area (Å²) in [6, 6.07) is 0.208. The molecule has 2 heterocycles. The van der Waals surface area contributed by atoms with E-state index >= 15 is 0 Å². The highest BCUT2D eigenvalue weighted by Gasteiger charge is 2.29. The molecule has 0 aromatic carbocycles. The van der Waals surface area contributed by atoms with Gasteiger partial charge in [0, 0.05) is 18.6 Å². The Morgan fingerprint density at radius 1 is 1.47 bits per heavy atom. The number of aliphatic hydroxyl groups excluding tert-OH is 1. The van der Waals surface area contributed by atoms with E-state index < -0.39 is 0 Å². The largest absolute Gasteiger partial charge is 0.396 e. The number of nitrogens with zero attached hydrogens (tertiary/aromatic N) is 3. The minimum Gasteiger partial charge on any atom is -0.396 e. The molecular formula is C11H14N4O2. The molecule has 6 nitrogen and oxygen atoms in total. The van der Waals surface area contributed by atoms with Crippen molar-refractivity contribution in [1.29, 1.82) is 0 Å². The topological polar surface area (TPSA) is 83.8 Å². The van der Waals surface area contributed by atoms with Crippen LogP contribution >= 0.6 is 0 Å². The second-order valence-electron chi connectivity index (χ2n) is 4.50. The normalized spacial score (nSPS) is 24.5. The lowest BCUT2D eigenvalue weighted by atomic mass is 10.1. The van der Waals surface area contributed by atoms with E-state index in [0.717, 1.165) is 19.3 Å². The third-order valence-corrected chi connectivity index (χ3v) is 3.58. The maximum Gasteiger partial charge on any atom is 0.278 e. The number of aromatic amines is 1. The standard InChI is InChI=1S/C11H14N4O2/c16-4-7-2-1-3-8(7)15-6-14-9-10(15)12-5-13-11(9)17/h5-8,16H,1-4H2,(H,12,13,17)/t7-,8+/m1/s1. The van der Waals surface area contributed by atoms with Gasteiger partial charge in [0.25, 0.3) is 5.56 Å². The molecule has 0 amide bonds. The molecule has 2 atom stereocenters. The lowest BCUT2D eigenvalue weighted by molar-refractivity contribution is 0.197. The molecule has 0 aliphatic heterocycles. The Balaban J connectivity index is 2.12. The molecule has 1 saturated carbocycles. The van der Waals surface area contributed by atoms with E-state index in [-0.39, 0.29) is 24.1 Å². The predicted octanol–water partition coefficient (Wildman–Crippen LogP) is 0.453. The Hall–Kier alpha value is -1.69. The van der Waals surface area contributed by atoms with Crippen molar-refractivity contribution in [3.63, 3.8) is 0 Å². The Bertz CT molecular complexity index is 588. The van der Waals surface area contributed by atoms with Crippen LogP contribution in [-0.4, -0.2) is 31.2 Å². The second kappa shape index (κ2) is 3.96. The molecular weight excluding hydrogens is 220 g/mol. The van der Waals surface area contributed by atoms with Gasteiger partial charge < -0.3 is 14.7 Å². The summed E-state index contributed by atoms with van der Waals surface area (Å²) in [4.78, 5) is 22.3. The first-order valence-corrected chi connectivity index (χ1v) is 5.82. The van der Waals surface area contributed by atoms with Crippen LogP contribution < -0.4 is 5.56 Å². The molecule has 90 valence electrons. The Kier molecular flexibility index (Phi) is 2.44. The van der Waals surface area contributed by atoms with Crippen LogP contribution in [0.3, 0.4) is 0 Å². The van der Waals surface area contributed by atoms with E-state index in [1.807, 2.05) is 4.57 Å². The lowest BCUT2D eigenvalue weighted by Gasteiger charge is -2.18. The lowest BCUT2D eigenvalue weighted by Crippen LogP contribution is -2.17. The summed E-state index contributed by atoms with van der Waals surface area (Å²) in [7, 11) is 0. The van der Waals surface area contributed by atoms with E-state index in [2.05, 4.69) is 15.0 Å². The fraction of sp³-hybridized carbons (Fsp3) is 0.545. The smallest absolute Gasteiger partial charge is 0.278 e. The number of aliphatic hydroxyl groups is 1. The molecule has 6 heteroatoms. The van der Waals surface area contributed by atoms with Gasteiger partial charge in [0.05, 0.1) is 12.7 Å². The number of fused-ring (bicyclic) bond motifs is 1. The highest BCUT2D eigenvalue weighted by Crippen LogP contribution is 2.36.